The second-order valence-electron chi connectivity index (χ2n) is 8.06. The number of rotatable bonds is 6. The Morgan fingerprint density at radius 1 is 1.03 bits per heavy atom. The zero-order valence-electron chi connectivity index (χ0n) is 16.9. The summed E-state index contributed by atoms with van der Waals surface area (Å²) in [6.07, 6.45) is 7.13. The second-order valence-corrected chi connectivity index (χ2v) is 9.16. The molecule has 2 aliphatic rings. The van der Waals surface area contributed by atoms with Crippen molar-refractivity contribution in [2.75, 3.05) is 11.9 Å². The molecule has 1 fully saturated rings. The molecule has 2 aliphatic carbocycles. The van der Waals surface area contributed by atoms with E-state index in [1.807, 2.05) is 30.3 Å². The van der Waals surface area contributed by atoms with Crippen LogP contribution in [0.5, 0.6) is 0 Å². The van der Waals surface area contributed by atoms with Gasteiger partial charge < -0.3 is 15.8 Å². The molecule has 4 rings (SSSR count). The number of benzene rings is 1. The van der Waals surface area contributed by atoms with E-state index in [0.717, 1.165) is 67.4 Å². The van der Waals surface area contributed by atoms with Crippen LogP contribution in [0.15, 0.2) is 30.3 Å². The largest absolute Gasteiger partial charge is 0.455 e. The fraction of sp³-hybridized carbons (Fsp3) is 0.435. The minimum Gasteiger partial charge on any atom is -0.455 e. The summed E-state index contributed by atoms with van der Waals surface area (Å²) in [6, 6.07) is 9.64. The number of hydrogen-bond acceptors (Lipinski definition) is 5. The van der Waals surface area contributed by atoms with Crippen molar-refractivity contribution in [3.63, 3.8) is 0 Å². The lowest BCUT2D eigenvalue weighted by Crippen LogP contribution is -2.36. The highest BCUT2D eigenvalue weighted by Gasteiger charge is 2.44. The molecule has 2 aromatic rings. The Balaban J connectivity index is 1.45. The second kappa shape index (κ2) is 8.60. The van der Waals surface area contributed by atoms with Gasteiger partial charge in [-0.1, -0.05) is 43.2 Å². The lowest BCUT2D eigenvalue weighted by molar-refractivity contribution is -0.153. The number of nitrogens with one attached hydrogen (secondary N) is 1. The van der Waals surface area contributed by atoms with Gasteiger partial charge in [0.05, 0.1) is 11.0 Å². The molecule has 30 heavy (non-hydrogen) atoms. The molecule has 0 unspecified atom stereocenters. The van der Waals surface area contributed by atoms with E-state index >= 15 is 0 Å². The van der Waals surface area contributed by atoms with Crippen molar-refractivity contribution in [3.05, 3.63) is 51.9 Å². The number of carbonyl (C=O) groups excluding carboxylic acids is 3. The van der Waals surface area contributed by atoms with Crippen LogP contribution in [0.4, 0.5) is 5.00 Å². The van der Waals surface area contributed by atoms with E-state index in [4.69, 9.17) is 10.5 Å². The number of ether oxygens (including phenoxy) is 1. The molecule has 2 amide bonds. The third-order valence-electron chi connectivity index (χ3n) is 6.18. The van der Waals surface area contributed by atoms with E-state index in [1.54, 1.807) is 0 Å². The molecule has 6 nitrogen and oxygen atoms in total. The molecule has 0 radical (unpaired) electrons. The minimum absolute atomic E-state index is 0.359. The van der Waals surface area contributed by atoms with Crippen molar-refractivity contribution >= 4 is 34.1 Å². The average molecular weight is 427 g/mol. The first-order chi connectivity index (χ1) is 14.5. The van der Waals surface area contributed by atoms with Crippen LogP contribution in [0.3, 0.4) is 0 Å². The number of anilines is 1. The van der Waals surface area contributed by atoms with Crippen molar-refractivity contribution in [2.24, 2.45) is 5.73 Å². The molecular formula is C23H26N2O4S. The van der Waals surface area contributed by atoms with E-state index in [9.17, 15) is 14.4 Å². The Morgan fingerprint density at radius 2 is 1.73 bits per heavy atom. The number of thiophene rings is 1. The van der Waals surface area contributed by atoms with Crippen LogP contribution in [0.1, 0.15) is 64.9 Å². The molecule has 0 atom stereocenters. The smallest absolute Gasteiger partial charge is 0.317 e. The maximum absolute atomic E-state index is 13.0. The van der Waals surface area contributed by atoms with Gasteiger partial charge in [-0.25, -0.2) is 0 Å². The third-order valence-corrected chi connectivity index (χ3v) is 7.39. The van der Waals surface area contributed by atoms with Gasteiger partial charge in [-0.15, -0.1) is 11.3 Å². The summed E-state index contributed by atoms with van der Waals surface area (Å²) in [5.74, 6) is -1.34. The quantitative estimate of drug-likeness (QED) is 0.688. The van der Waals surface area contributed by atoms with Crippen molar-refractivity contribution in [1.29, 1.82) is 0 Å². The monoisotopic (exact) mass is 426 g/mol. The first-order valence-corrected chi connectivity index (χ1v) is 11.3. The molecule has 158 valence electrons. The standard InChI is InChI=1S/C23H26N2O4S/c24-20(27)19-16-10-4-5-11-17(16)30-21(19)25-18(26)14-29-22(28)23(12-6-7-13-23)15-8-2-1-3-9-15/h1-3,8-9H,4-7,10-14H2,(H2,24,27)(H,25,26). The van der Waals surface area contributed by atoms with Gasteiger partial charge >= 0.3 is 5.97 Å². The average Bonchev–Trinajstić information content (AvgIpc) is 3.38. The zero-order chi connectivity index (χ0) is 21.1. The van der Waals surface area contributed by atoms with Gasteiger partial charge in [-0.3, -0.25) is 14.4 Å². The molecule has 0 aliphatic heterocycles. The summed E-state index contributed by atoms with van der Waals surface area (Å²) in [5.41, 5.74) is 7.20. The fourth-order valence-corrected chi connectivity index (χ4v) is 6.00. The van der Waals surface area contributed by atoms with Gasteiger partial charge in [0.25, 0.3) is 11.8 Å². The first-order valence-electron chi connectivity index (χ1n) is 10.5. The Labute approximate surface area is 179 Å². The summed E-state index contributed by atoms with van der Waals surface area (Å²) >= 11 is 1.40. The van der Waals surface area contributed by atoms with E-state index < -0.39 is 17.2 Å². The number of nitrogens with two attached hydrogens (primary N) is 1. The maximum atomic E-state index is 13.0. The number of hydrogen-bond donors (Lipinski definition) is 2. The normalized spacial score (nSPS) is 17.2. The van der Waals surface area contributed by atoms with E-state index in [2.05, 4.69) is 5.32 Å². The Morgan fingerprint density at radius 3 is 2.43 bits per heavy atom. The number of amides is 2. The highest BCUT2D eigenvalue weighted by molar-refractivity contribution is 7.17. The predicted molar refractivity (Wildman–Crippen MR) is 116 cm³/mol. The van der Waals surface area contributed by atoms with Crippen molar-refractivity contribution < 1.29 is 19.1 Å². The van der Waals surface area contributed by atoms with Crippen LogP contribution in [0, 0.1) is 0 Å². The highest BCUT2D eigenvalue weighted by Crippen LogP contribution is 2.42. The Bertz CT molecular complexity index is 961. The van der Waals surface area contributed by atoms with Gasteiger partial charge in [0.2, 0.25) is 0 Å². The maximum Gasteiger partial charge on any atom is 0.317 e. The summed E-state index contributed by atoms with van der Waals surface area (Å²) in [5, 5.41) is 3.22. The summed E-state index contributed by atoms with van der Waals surface area (Å²) in [6.45, 7) is -0.381. The fourth-order valence-electron chi connectivity index (χ4n) is 4.69. The predicted octanol–water partition coefficient (Wildman–Crippen LogP) is 3.72. The molecule has 1 aromatic heterocycles. The molecule has 0 bridgehead atoms. The number of esters is 1. The van der Waals surface area contributed by atoms with Crippen molar-refractivity contribution in [3.8, 4) is 0 Å². The molecule has 0 saturated heterocycles. The minimum atomic E-state index is -0.679. The molecular weight excluding hydrogens is 400 g/mol. The topological polar surface area (TPSA) is 98.5 Å². The number of fused-ring (bicyclic) bond motifs is 1. The molecule has 1 heterocycles. The van der Waals surface area contributed by atoms with Gasteiger partial charge in [0.1, 0.15) is 5.00 Å². The SMILES string of the molecule is NC(=O)c1c(NC(=O)COC(=O)C2(c3ccccc3)CCCC2)sc2c1CCCC2. The van der Waals surface area contributed by atoms with Gasteiger partial charge in [0, 0.05) is 4.88 Å². The molecule has 3 N–H and O–H groups in total. The third kappa shape index (κ3) is 3.86. The van der Waals surface area contributed by atoms with Crippen LogP contribution in [0.2, 0.25) is 0 Å². The molecule has 1 saturated carbocycles. The van der Waals surface area contributed by atoms with Crippen LogP contribution < -0.4 is 11.1 Å². The lowest BCUT2D eigenvalue weighted by atomic mass is 9.79. The Kier molecular flexibility index (Phi) is 5.90. The number of aryl methyl sites for hydroxylation is 1. The molecule has 1 aromatic carbocycles. The van der Waals surface area contributed by atoms with Crippen LogP contribution in [-0.2, 0) is 32.6 Å². The number of primary amides is 1. The molecule has 0 spiro atoms. The Hall–Kier alpha value is -2.67. The van der Waals surface area contributed by atoms with Crippen LogP contribution in [-0.4, -0.2) is 24.4 Å². The molecule has 7 heteroatoms. The van der Waals surface area contributed by atoms with Gasteiger partial charge in [0.15, 0.2) is 6.61 Å². The van der Waals surface area contributed by atoms with Gasteiger partial charge in [-0.2, -0.15) is 0 Å². The first kappa shape index (κ1) is 20.6. The summed E-state index contributed by atoms with van der Waals surface area (Å²) in [7, 11) is 0. The van der Waals surface area contributed by atoms with E-state index in [1.165, 1.54) is 11.3 Å². The van der Waals surface area contributed by atoms with Gasteiger partial charge in [-0.05, 0) is 49.7 Å². The van der Waals surface area contributed by atoms with Crippen molar-refractivity contribution in [1.82, 2.24) is 0 Å². The highest BCUT2D eigenvalue weighted by atomic mass is 32.1. The number of carbonyl (C=O) groups is 3. The zero-order valence-corrected chi connectivity index (χ0v) is 17.7. The van der Waals surface area contributed by atoms with Crippen LogP contribution in [0.25, 0.3) is 0 Å². The van der Waals surface area contributed by atoms with Crippen LogP contribution >= 0.6 is 11.3 Å². The van der Waals surface area contributed by atoms with E-state index in [0.29, 0.717) is 10.6 Å². The van der Waals surface area contributed by atoms with Crippen molar-refractivity contribution in [2.45, 2.75) is 56.8 Å². The van der Waals surface area contributed by atoms with E-state index in [-0.39, 0.29) is 12.6 Å². The summed E-state index contributed by atoms with van der Waals surface area (Å²) in [4.78, 5) is 38.6. The lowest BCUT2D eigenvalue weighted by Gasteiger charge is -2.27. The summed E-state index contributed by atoms with van der Waals surface area (Å²) < 4.78 is 5.46.